The second kappa shape index (κ2) is 9.07. The second-order valence-electron chi connectivity index (χ2n) is 7.88. The number of esters is 1. The molecule has 0 unspecified atom stereocenters. The molecule has 0 spiro atoms. The summed E-state index contributed by atoms with van der Waals surface area (Å²) in [4.78, 5) is 33.5. The van der Waals surface area contributed by atoms with Crippen molar-refractivity contribution in [2.75, 3.05) is 25.6 Å². The number of hydrogen-bond acceptors (Lipinski definition) is 7. The van der Waals surface area contributed by atoms with Gasteiger partial charge in [-0.25, -0.2) is 9.79 Å². The molecule has 0 amide bonds. The zero-order valence-electron chi connectivity index (χ0n) is 18.9. The van der Waals surface area contributed by atoms with E-state index >= 15 is 0 Å². The van der Waals surface area contributed by atoms with Gasteiger partial charge in [-0.15, -0.1) is 0 Å². The number of rotatable bonds is 5. The maximum atomic E-state index is 13.5. The number of benzene rings is 2. The highest BCUT2D eigenvalue weighted by molar-refractivity contribution is 7.07. The summed E-state index contributed by atoms with van der Waals surface area (Å²) in [5.41, 5.74) is 3.13. The lowest BCUT2D eigenvalue weighted by molar-refractivity contribution is -0.139. The Morgan fingerprint density at radius 2 is 1.97 bits per heavy atom. The third kappa shape index (κ3) is 4.34. The molecular weight excluding hydrogens is 438 g/mol. The molecule has 1 N–H and O–H groups in total. The van der Waals surface area contributed by atoms with Crippen LogP contribution in [0.15, 0.2) is 69.6 Å². The number of nitrogens with zero attached hydrogens (tertiary/aromatic N) is 3. The van der Waals surface area contributed by atoms with Crippen LogP contribution in [0.1, 0.15) is 31.0 Å². The largest absolute Gasteiger partial charge is 0.508 e. The summed E-state index contributed by atoms with van der Waals surface area (Å²) in [6.07, 6.45) is 1.72. The topological polar surface area (TPSA) is 84.1 Å². The Morgan fingerprint density at radius 3 is 2.61 bits per heavy atom. The van der Waals surface area contributed by atoms with Gasteiger partial charge in [0.2, 0.25) is 0 Å². The van der Waals surface area contributed by atoms with Gasteiger partial charge in [-0.05, 0) is 55.3 Å². The Balaban J connectivity index is 1.94. The number of aromatic hydroxyl groups is 1. The molecular formula is C25H25N3O4S. The van der Waals surface area contributed by atoms with E-state index in [-0.39, 0.29) is 17.9 Å². The minimum atomic E-state index is -0.650. The van der Waals surface area contributed by atoms with Crippen LogP contribution in [0.5, 0.6) is 5.75 Å². The van der Waals surface area contributed by atoms with E-state index in [1.807, 2.05) is 49.3 Å². The fourth-order valence-corrected chi connectivity index (χ4v) is 4.87. The Morgan fingerprint density at radius 1 is 1.24 bits per heavy atom. The summed E-state index contributed by atoms with van der Waals surface area (Å²) in [6.45, 7) is 3.74. The average molecular weight is 464 g/mol. The number of fused-ring (bicyclic) bond motifs is 1. The summed E-state index contributed by atoms with van der Waals surface area (Å²) in [6, 6.07) is 13.8. The Kier molecular flexibility index (Phi) is 6.20. The SMILES string of the molecule is CCOC(=O)C1=C(C)N=c2s/c(=C\c3cccc(O)c3)c(=O)n2[C@H]1c1ccc(N(C)C)cc1. The molecule has 0 bridgehead atoms. The van der Waals surface area contributed by atoms with Crippen molar-refractivity contribution >= 4 is 29.1 Å². The standard InChI is InChI=1S/C25H25N3O4S/c1-5-32-24(31)21-15(2)26-25-28(22(21)17-9-11-18(12-10-17)27(3)4)23(30)20(33-25)14-16-7-6-8-19(29)13-16/h6-14,22,29H,5H2,1-4H3/b20-14-/t22-/m0/s1. The molecule has 0 saturated carbocycles. The Labute approximate surface area is 195 Å². The maximum Gasteiger partial charge on any atom is 0.338 e. The highest BCUT2D eigenvalue weighted by Gasteiger charge is 2.33. The summed E-state index contributed by atoms with van der Waals surface area (Å²) >= 11 is 1.25. The summed E-state index contributed by atoms with van der Waals surface area (Å²) in [5, 5.41) is 9.78. The first-order valence-corrected chi connectivity index (χ1v) is 11.4. The molecule has 2 aromatic carbocycles. The van der Waals surface area contributed by atoms with Crippen molar-refractivity contribution < 1.29 is 14.6 Å². The van der Waals surface area contributed by atoms with Crippen molar-refractivity contribution in [2.45, 2.75) is 19.9 Å². The first-order valence-electron chi connectivity index (χ1n) is 10.6. The molecule has 8 heteroatoms. The molecule has 1 atom stereocenters. The molecule has 4 rings (SSSR count). The quantitative estimate of drug-likeness (QED) is 0.588. The smallest absolute Gasteiger partial charge is 0.338 e. The van der Waals surface area contributed by atoms with Crippen molar-refractivity contribution in [1.29, 1.82) is 0 Å². The van der Waals surface area contributed by atoms with Crippen LogP contribution in [0.25, 0.3) is 6.08 Å². The van der Waals surface area contributed by atoms with Crippen molar-refractivity contribution in [3.63, 3.8) is 0 Å². The van der Waals surface area contributed by atoms with Crippen LogP contribution in [-0.2, 0) is 9.53 Å². The normalized spacial score (nSPS) is 15.8. The fraction of sp³-hybridized carbons (Fsp3) is 0.240. The Bertz CT molecular complexity index is 1420. The van der Waals surface area contributed by atoms with Gasteiger partial charge in [0, 0.05) is 19.8 Å². The van der Waals surface area contributed by atoms with E-state index in [1.54, 1.807) is 42.7 Å². The lowest BCUT2D eigenvalue weighted by atomic mass is 9.95. The Hall–Kier alpha value is -3.65. The van der Waals surface area contributed by atoms with E-state index in [0.717, 1.165) is 11.3 Å². The maximum absolute atomic E-state index is 13.5. The molecule has 2 heterocycles. The van der Waals surface area contributed by atoms with Crippen LogP contribution in [0.2, 0.25) is 0 Å². The van der Waals surface area contributed by atoms with Gasteiger partial charge < -0.3 is 14.7 Å². The molecule has 0 radical (unpaired) electrons. The van der Waals surface area contributed by atoms with Gasteiger partial charge in [0.25, 0.3) is 5.56 Å². The molecule has 0 fully saturated rings. The monoisotopic (exact) mass is 463 g/mol. The second-order valence-corrected chi connectivity index (χ2v) is 8.89. The number of phenols is 1. The van der Waals surface area contributed by atoms with Crippen molar-refractivity contribution in [3.05, 3.63) is 90.6 Å². The first kappa shape index (κ1) is 22.5. The van der Waals surface area contributed by atoms with Crippen LogP contribution in [-0.4, -0.2) is 36.3 Å². The molecule has 1 aromatic heterocycles. The lowest BCUT2D eigenvalue weighted by Crippen LogP contribution is -2.39. The van der Waals surface area contributed by atoms with E-state index in [2.05, 4.69) is 4.99 Å². The predicted octanol–water partition coefficient (Wildman–Crippen LogP) is 2.57. The molecule has 3 aromatic rings. The number of allylic oxidation sites excluding steroid dienone is 1. The zero-order valence-corrected chi connectivity index (χ0v) is 19.7. The number of hydrogen-bond donors (Lipinski definition) is 1. The number of aromatic nitrogens is 1. The fourth-order valence-electron chi connectivity index (χ4n) is 3.83. The van der Waals surface area contributed by atoms with Gasteiger partial charge in [0.1, 0.15) is 5.75 Å². The van der Waals surface area contributed by atoms with Gasteiger partial charge in [0.15, 0.2) is 4.80 Å². The van der Waals surface area contributed by atoms with Crippen LogP contribution < -0.4 is 19.8 Å². The minimum absolute atomic E-state index is 0.121. The van der Waals surface area contributed by atoms with Crippen molar-refractivity contribution in [2.24, 2.45) is 4.99 Å². The summed E-state index contributed by atoms with van der Waals surface area (Å²) in [7, 11) is 3.90. The highest BCUT2D eigenvalue weighted by Crippen LogP contribution is 2.31. The van der Waals surface area contributed by atoms with E-state index in [1.165, 1.54) is 11.3 Å². The molecule has 1 aliphatic rings. The molecule has 7 nitrogen and oxygen atoms in total. The number of anilines is 1. The van der Waals surface area contributed by atoms with Crippen molar-refractivity contribution in [3.8, 4) is 5.75 Å². The zero-order chi connectivity index (χ0) is 23.7. The van der Waals surface area contributed by atoms with E-state index in [9.17, 15) is 14.7 Å². The minimum Gasteiger partial charge on any atom is -0.508 e. The number of thiazole rings is 1. The predicted molar refractivity (Wildman–Crippen MR) is 129 cm³/mol. The van der Waals surface area contributed by atoms with Crippen LogP contribution >= 0.6 is 11.3 Å². The molecule has 33 heavy (non-hydrogen) atoms. The van der Waals surface area contributed by atoms with E-state index in [4.69, 9.17) is 4.74 Å². The van der Waals surface area contributed by atoms with Crippen LogP contribution in [0.4, 0.5) is 5.69 Å². The van der Waals surface area contributed by atoms with Crippen molar-refractivity contribution in [1.82, 2.24) is 4.57 Å². The van der Waals surface area contributed by atoms with Gasteiger partial charge >= 0.3 is 5.97 Å². The number of carbonyl (C=O) groups is 1. The van der Waals surface area contributed by atoms with Gasteiger partial charge in [-0.3, -0.25) is 9.36 Å². The van der Waals surface area contributed by atoms with Crippen LogP contribution in [0, 0.1) is 0 Å². The highest BCUT2D eigenvalue weighted by atomic mass is 32.1. The number of phenolic OH excluding ortho intramolecular Hbond substituents is 1. The first-order chi connectivity index (χ1) is 15.8. The molecule has 0 aliphatic carbocycles. The number of ether oxygens (including phenoxy) is 1. The van der Waals surface area contributed by atoms with Gasteiger partial charge in [-0.2, -0.15) is 0 Å². The lowest BCUT2D eigenvalue weighted by Gasteiger charge is -2.25. The van der Waals surface area contributed by atoms with E-state index in [0.29, 0.717) is 26.2 Å². The molecule has 1 aliphatic heterocycles. The molecule has 0 saturated heterocycles. The number of carbonyl (C=O) groups excluding carboxylic acids is 1. The summed E-state index contributed by atoms with van der Waals surface area (Å²) in [5.74, 6) is -0.362. The third-order valence-corrected chi connectivity index (χ3v) is 6.39. The van der Waals surface area contributed by atoms with Gasteiger partial charge in [-0.1, -0.05) is 35.6 Å². The average Bonchev–Trinajstić information content (AvgIpc) is 3.07. The van der Waals surface area contributed by atoms with Gasteiger partial charge in [0.05, 0.1) is 28.5 Å². The third-order valence-electron chi connectivity index (χ3n) is 5.41. The van der Waals surface area contributed by atoms with Crippen LogP contribution in [0.3, 0.4) is 0 Å². The summed E-state index contributed by atoms with van der Waals surface area (Å²) < 4.78 is 7.35. The van der Waals surface area contributed by atoms with E-state index < -0.39 is 12.0 Å². The molecule has 170 valence electrons.